The number of hydrogen-bond donors (Lipinski definition) is 0. The van der Waals surface area contributed by atoms with Crippen molar-refractivity contribution in [2.45, 2.75) is 53.4 Å². The van der Waals surface area contributed by atoms with E-state index in [-0.39, 0.29) is 11.9 Å². The summed E-state index contributed by atoms with van der Waals surface area (Å²) in [6.07, 6.45) is 4.06. The van der Waals surface area contributed by atoms with E-state index in [0.717, 1.165) is 25.7 Å². The van der Waals surface area contributed by atoms with Crippen molar-refractivity contribution in [1.82, 2.24) is 0 Å². The van der Waals surface area contributed by atoms with Crippen LogP contribution in [0.2, 0.25) is 0 Å². The highest BCUT2D eigenvalue weighted by molar-refractivity contribution is 5.72. The van der Waals surface area contributed by atoms with Gasteiger partial charge in [-0.25, -0.2) is 0 Å². The third kappa shape index (κ3) is 5.25. The first-order chi connectivity index (χ1) is 6.65. The summed E-state index contributed by atoms with van der Waals surface area (Å²) in [5, 5.41) is 0. The number of carbonyl (C=O) groups excluding carboxylic acids is 1. The minimum Gasteiger partial charge on any atom is -0.465 e. The molecule has 2 nitrogen and oxygen atoms in total. The molecule has 84 valence electrons. The molecule has 0 amide bonds. The van der Waals surface area contributed by atoms with Crippen molar-refractivity contribution in [3.8, 4) is 0 Å². The van der Waals surface area contributed by atoms with Gasteiger partial charge >= 0.3 is 5.97 Å². The molecule has 0 fully saturated rings. The second-order valence-corrected chi connectivity index (χ2v) is 4.04. The summed E-state index contributed by atoms with van der Waals surface area (Å²) in [4.78, 5) is 11.5. The Morgan fingerprint density at radius 2 is 1.79 bits per heavy atom. The zero-order chi connectivity index (χ0) is 11.0. The summed E-state index contributed by atoms with van der Waals surface area (Å²) in [7, 11) is 0. The monoisotopic (exact) mass is 200 g/mol. The molecule has 0 saturated heterocycles. The number of esters is 1. The minimum absolute atomic E-state index is 0.0158. The van der Waals surface area contributed by atoms with Crippen LogP contribution in [0.1, 0.15) is 53.4 Å². The van der Waals surface area contributed by atoms with Crippen molar-refractivity contribution >= 4 is 5.97 Å². The van der Waals surface area contributed by atoms with Gasteiger partial charge in [0, 0.05) is 0 Å². The van der Waals surface area contributed by atoms with Crippen LogP contribution in [0, 0.1) is 11.8 Å². The van der Waals surface area contributed by atoms with Gasteiger partial charge in [0.05, 0.1) is 12.5 Å². The summed E-state index contributed by atoms with van der Waals surface area (Å²) < 4.78 is 5.26. The van der Waals surface area contributed by atoms with Crippen LogP contribution in [0.15, 0.2) is 0 Å². The third-order valence-corrected chi connectivity index (χ3v) is 2.61. The molecule has 0 aromatic heterocycles. The lowest BCUT2D eigenvalue weighted by molar-refractivity contribution is -0.150. The number of carbonyl (C=O) groups is 1. The molecule has 0 rings (SSSR count). The van der Waals surface area contributed by atoms with E-state index in [2.05, 4.69) is 13.8 Å². The molecule has 0 spiro atoms. The Hall–Kier alpha value is -0.530. The van der Waals surface area contributed by atoms with Crippen LogP contribution in [0.25, 0.3) is 0 Å². The summed E-state index contributed by atoms with van der Waals surface area (Å²) in [6, 6.07) is 0. The SMILES string of the molecule is CCCC(C)COC(=O)C(CC)CC. The first kappa shape index (κ1) is 13.5. The predicted molar refractivity (Wildman–Crippen MR) is 59.1 cm³/mol. The predicted octanol–water partition coefficient (Wildman–Crippen LogP) is 3.40. The molecule has 0 saturated carbocycles. The normalized spacial score (nSPS) is 12.9. The molecule has 2 heteroatoms. The van der Waals surface area contributed by atoms with Crippen molar-refractivity contribution in [2.75, 3.05) is 6.61 Å². The van der Waals surface area contributed by atoms with Gasteiger partial charge < -0.3 is 4.74 Å². The summed E-state index contributed by atoms with van der Waals surface area (Å²) in [5.74, 6) is 0.583. The lowest BCUT2D eigenvalue weighted by Crippen LogP contribution is -2.19. The van der Waals surface area contributed by atoms with Crippen LogP contribution in [0.5, 0.6) is 0 Å². The molecule has 1 atom stereocenters. The van der Waals surface area contributed by atoms with Crippen LogP contribution in [-0.2, 0) is 9.53 Å². The number of hydrogen-bond acceptors (Lipinski definition) is 2. The lowest BCUT2D eigenvalue weighted by Gasteiger charge is -2.15. The van der Waals surface area contributed by atoms with E-state index in [1.54, 1.807) is 0 Å². The molecule has 0 aliphatic carbocycles. The van der Waals surface area contributed by atoms with E-state index in [1.807, 2.05) is 13.8 Å². The molecule has 0 aromatic rings. The largest absolute Gasteiger partial charge is 0.465 e. The van der Waals surface area contributed by atoms with E-state index in [4.69, 9.17) is 4.74 Å². The van der Waals surface area contributed by atoms with Gasteiger partial charge in [-0.1, -0.05) is 34.1 Å². The smallest absolute Gasteiger partial charge is 0.308 e. The Bertz CT molecular complexity index is 150. The Labute approximate surface area is 88.0 Å². The molecule has 0 aromatic carbocycles. The minimum atomic E-state index is -0.0158. The lowest BCUT2D eigenvalue weighted by atomic mass is 10.0. The topological polar surface area (TPSA) is 26.3 Å². The van der Waals surface area contributed by atoms with Crippen molar-refractivity contribution in [3.05, 3.63) is 0 Å². The molecule has 0 aliphatic heterocycles. The van der Waals surface area contributed by atoms with E-state index in [9.17, 15) is 4.79 Å². The zero-order valence-corrected chi connectivity index (χ0v) is 10.0. The van der Waals surface area contributed by atoms with Crippen LogP contribution < -0.4 is 0 Å². The summed E-state index contributed by atoms with van der Waals surface area (Å²) in [6.45, 7) is 8.93. The van der Waals surface area contributed by atoms with Crippen molar-refractivity contribution in [2.24, 2.45) is 11.8 Å². The van der Waals surface area contributed by atoms with E-state index < -0.39 is 0 Å². The quantitative estimate of drug-likeness (QED) is 0.589. The maximum Gasteiger partial charge on any atom is 0.308 e. The molecule has 1 unspecified atom stereocenters. The van der Waals surface area contributed by atoms with E-state index in [0.29, 0.717) is 12.5 Å². The fourth-order valence-electron chi connectivity index (χ4n) is 1.54. The summed E-state index contributed by atoms with van der Waals surface area (Å²) in [5.41, 5.74) is 0. The zero-order valence-electron chi connectivity index (χ0n) is 10.0. The molecular formula is C12H24O2. The Morgan fingerprint density at radius 3 is 2.21 bits per heavy atom. The van der Waals surface area contributed by atoms with Crippen molar-refractivity contribution in [3.63, 3.8) is 0 Å². The van der Waals surface area contributed by atoms with Crippen molar-refractivity contribution in [1.29, 1.82) is 0 Å². The summed E-state index contributed by atoms with van der Waals surface area (Å²) >= 11 is 0. The van der Waals surface area contributed by atoms with E-state index in [1.165, 1.54) is 0 Å². The maximum absolute atomic E-state index is 11.5. The Morgan fingerprint density at radius 1 is 1.21 bits per heavy atom. The van der Waals surface area contributed by atoms with Gasteiger partial charge in [0.1, 0.15) is 0 Å². The first-order valence-electron chi connectivity index (χ1n) is 5.82. The van der Waals surface area contributed by atoms with Crippen LogP contribution in [-0.4, -0.2) is 12.6 Å². The van der Waals surface area contributed by atoms with Gasteiger partial charge in [0.2, 0.25) is 0 Å². The second kappa shape index (κ2) is 7.84. The maximum atomic E-state index is 11.5. The molecule has 14 heavy (non-hydrogen) atoms. The molecule has 0 N–H and O–H groups in total. The standard InChI is InChI=1S/C12H24O2/c1-5-8-10(4)9-14-12(13)11(6-2)7-3/h10-11H,5-9H2,1-4H3. The Kier molecular flexibility index (Phi) is 7.54. The van der Waals surface area contributed by atoms with Crippen LogP contribution in [0.3, 0.4) is 0 Å². The van der Waals surface area contributed by atoms with Crippen LogP contribution >= 0.6 is 0 Å². The van der Waals surface area contributed by atoms with Gasteiger partial charge in [0.15, 0.2) is 0 Å². The first-order valence-corrected chi connectivity index (χ1v) is 5.82. The van der Waals surface area contributed by atoms with Crippen molar-refractivity contribution < 1.29 is 9.53 Å². The van der Waals surface area contributed by atoms with Gasteiger partial charge in [-0.05, 0) is 25.2 Å². The molecule has 0 heterocycles. The molecule has 0 bridgehead atoms. The molecule has 0 aliphatic rings. The average molecular weight is 200 g/mol. The highest BCUT2D eigenvalue weighted by Gasteiger charge is 2.16. The second-order valence-electron chi connectivity index (χ2n) is 4.04. The highest BCUT2D eigenvalue weighted by Crippen LogP contribution is 2.12. The molecular weight excluding hydrogens is 176 g/mol. The fourth-order valence-corrected chi connectivity index (χ4v) is 1.54. The van der Waals surface area contributed by atoms with Gasteiger partial charge in [0.25, 0.3) is 0 Å². The highest BCUT2D eigenvalue weighted by atomic mass is 16.5. The van der Waals surface area contributed by atoms with E-state index >= 15 is 0 Å². The van der Waals surface area contributed by atoms with Crippen LogP contribution in [0.4, 0.5) is 0 Å². The number of rotatable bonds is 7. The Balaban J connectivity index is 3.71. The molecule has 0 radical (unpaired) electrons. The van der Waals surface area contributed by atoms with Gasteiger partial charge in [-0.15, -0.1) is 0 Å². The van der Waals surface area contributed by atoms with Gasteiger partial charge in [-0.3, -0.25) is 4.79 Å². The average Bonchev–Trinajstić information content (AvgIpc) is 2.17. The third-order valence-electron chi connectivity index (χ3n) is 2.61. The fraction of sp³-hybridized carbons (Fsp3) is 0.917. The van der Waals surface area contributed by atoms with Gasteiger partial charge in [-0.2, -0.15) is 0 Å². The number of ether oxygens (including phenoxy) is 1.